The van der Waals surface area contributed by atoms with Crippen molar-refractivity contribution in [3.05, 3.63) is 41.0 Å². The van der Waals surface area contributed by atoms with Gasteiger partial charge in [0.15, 0.2) is 0 Å². The molecule has 0 spiro atoms. The fraction of sp³-hybridized carbons (Fsp3) is 0.250. The van der Waals surface area contributed by atoms with Crippen LogP contribution in [0.5, 0.6) is 0 Å². The maximum absolute atomic E-state index is 11.2. The van der Waals surface area contributed by atoms with Crippen LogP contribution in [0.4, 0.5) is 0 Å². The molecule has 0 atom stereocenters. The van der Waals surface area contributed by atoms with Crippen molar-refractivity contribution in [1.82, 2.24) is 5.32 Å². The lowest BCUT2D eigenvalue weighted by Gasteiger charge is -2.09. The SMILES string of the molecule is CNC(=O)/C=C(\N)c1c(C)cccc1C. The molecule has 0 saturated carbocycles. The first-order valence-corrected chi connectivity index (χ1v) is 4.81. The standard InChI is InChI=1S/C12H16N2O/c1-8-5-4-6-9(2)12(8)10(13)7-11(15)14-3/h4-7H,13H2,1-3H3,(H,14,15)/b10-7-. The lowest BCUT2D eigenvalue weighted by atomic mass is 10.00. The lowest BCUT2D eigenvalue weighted by molar-refractivity contribution is -0.116. The number of hydrogen-bond donors (Lipinski definition) is 2. The Balaban J connectivity index is 3.16. The van der Waals surface area contributed by atoms with Crippen molar-refractivity contribution >= 4 is 11.6 Å². The molecule has 0 aliphatic heterocycles. The van der Waals surface area contributed by atoms with E-state index in [9.17, 15) is 4.79 Å². The van der Waals surface area contributed by atoms with E-state index in [1.54, 1.807) is 7.05 Å². The molecule has 0 unspecified atom stereocenters. The number of carbonyl (C=O) groups excluding carboxylic acids is 1. The molecule has 3 heteroatoms. The molecule has 0 radical (unpaired) electrons. The van der Waals surface area contributed by atoms with Gasteiger partial charge in [-0.05, 0) is 25.0 Å². The summed E-state index contributed by atoms with van der Waals surface area (Å²) < 4.78 is 0. The summed E-state index contributed by atoms with van der Waals surface area (Å²) in [5, 5.41) is 2.51. The van der Waals surface area contributed by atoms with Crippen molar-refractivity contribution in [3.63, 3.8) is 0 Å². The minimum absolute atomic E-state index is 0.185. The van der Waals surface area contributed by atoms with Gasteiger partial charge in [0.05, 0.1) is 0 Å². The number of amides is 1. The Kier molecular flexibility index (Phi) is 3.50. The average molecular weight is 204 g/mol. The smallest absolute Gasteiger partial charge is 0.245 e. The highest BCUT2D eigenvalue weighted by molar-refractivity contribution is 5.95. The summed E-state index contributed by atoms with van der Waals surface area (Å²) in [5.74, 6) is -0.185. The number of likely N-dealkylation sites (N-methyl/N-ethyl adjacent to an activating group) is 1. The van der Waals surface area contributed by atoms with Gasteiger partial charge in [0, 0.05) is 24.4 Å². The largest absolute Gasteiger partial charge is 0.398 e. The summed E-state index contributed by atoms with van der Waals surface area (Å²) >= 11 is 0. The summed E-state index contributed by atoms with van der Waals surface area (Å²) in [5.41, 5.74) is 9.48. The number of carbonyl (C=O) groups is 1. The van der Waals surface area contributed by atoms with E-state index in [1.807, 2.05) is 32.0 Å². The van der Waals surface area contributed by atoms with Gasteiger partial charge in [0.25, 0.3) is 0 Å². The van der Waals surface area contributed by atoms with Gasteiger partial charge in [-0.25, -0.2) is 0 Å². The van der Waals surface area contributed by atoms with Gasteiger partial charge in [-0.2, -0.15) is 0 Å². The van der Waals surface area contributed by atoms with Crippen LogP contribution in [-0.2, 0) is 4.79 Å². The summed E-state index contributed by atoms with van der Waals surface area (Å²) in [4.78, 5) is 11.2. The third-order valence-electron chi connectivity index (χ3n) is 2.30. The van der Waals surface area contributed by atoms with Crippen molar-refractivity contribution in [2.45, 2.75) is 13.8 Å². The van der Waals surface area contributed by atoms with E-state index in [2.05, 4.69) is 5.32 Å². The first-order valence-electron chi connectivity index (χ1n) is 4.81. The van der Waals surface area contributed by atoms with Gasteiger partial charge >= 0.3 is 0 Å². The van der Waals surface area contributed by atoms with E-state index in [-0.39, 0.29) is 5.91 Å². The highest BCUT2D eigenvalue weighted by Gasteiger charge is 2.05. The monoisotopic (exact) mass is 204 g/mol. The second kappa shape index (κ2) is 4.64. The van der Waals surface area contributed by atoms with Crippen LogP contribution < -0.4 is 11.1 Å². The van der Waals surface area contributed by atoms with E-state index in [0.29, 0.717) is 5.70 Å². The first kappa shape index (κ1) is 11.3. The molecule has 0 fully saturated rings. The van der Waals surface area contributed by atoms with E-state index < -0.39 is 0 Å². The maximum Gasteiger partial charge on any atom is 0.245 e. The van der Waals surface area contributed by atoms with Crippen LogP contribution in [0.25, 0.3) is 5.70 Å². The average Bonchev–Trinajstić information content (AvgIpc) is 2.17. The molecule has 3 nitrogen and oxygen atoms in total. The quantitative estimate of drug-likeness (QED) is 0.714. The molecule has 1 amide bonds. The van der Waals surface area contributed by atoms with Crippen molar-refractivity contribution in [2.24, 2.45) is 5.73 Å². The molecule has 0 bridgehead atoms. The molecule has 0 heterocycles. The van der Waals surface area contributed by atoms with Crippen molar-refractivity contribution in [2.75, 3.05) is 7.05 Å². The summed E-state index contributed by atoms with van der Waals surface area (Å²) in [6.07, 6.45) is 1.41. The van der Waals surface area contributed by atoms with Crippen LogP contribution in [0.2, 0.25) is 0 Å². The molecule has 15 heavy (non-hydrogen) atoms. The van der Waals surface area contributed by atoms with Crippen LogP contribution in [-0.4, -0.2) is 13.0 Å². The summed E-state index contributed by atoms with van der Waals surface area (Å²) in [6.45, 7) is 3.96. The second-order valence-corrected chi connectivity index (χ2v) is 3.48. The van der Waals surface area contributed by atoms with E-state index in [4.69, 9.17) is 5.73 Å². The Morgan fingerprint density at radius 2 is 1.87 bits per heavy atom. The molecule has 0 aliphatic rings. The minimum Gasteiger partial charge on any atom is -0.398 e. The molecular formula is C12H16N2O. The van der Waals surface area contributed by atoms with Crippen molar-refractivity contribution < 1.29 is 4.79 Å². The molecular weight excluding hydrogens is 188 g/mol. The minimum atomic E-state index is -0.185. The zero-order chi connectivity index (χ0) is 11.4. The molecule has 1 aromatic rings. The molecule has 0 aromatic heterocycles. The highest BCUT2D eigenvalue weighted by Crippen LogP contribution is 2.18. The normalized spacial score (nSPS) is 11.3. The zero-order valence-electron chi connectivity index (χ0n) is 9.29. The zero-order valence-corrected chi connectivity index (χ0v) is 9.29. The summed E-state index contributed by atoms with van der Waals surface area (Å²) in [7, 11) is 1.58. The maximum atomic E-state index is 11.2. The number of aryl methyl sites for hydroxylation is 2. The van der Waals surface area contributed by atoms with Gasteiger partial charge in [0.1, 0.15) is 0 Å². The number of benzene rings is 1. The van der Waals surface area contributed by atoms with Gasteiger partial charge in [0.2, 0.25) is 5.91 Å². The lowest BCUT2D eigenvalue weighted by Crippen LogP contribution is -2.16. The number of nitrogens with one attached hydrogen (secondary N) is 1. The Labute approximate surface area is 90.0 Å². The third kappa shape index (κ3) is 2.59. The Morgan fingerprint density at radius 3 is 2.33 bits per heavy atom. The van der Waals surface area contributed by atoms with E-state index >= 15 is 0 Å². The van der Waals surface area contributed by atoms with Crippen LogP contribution in [0.15, 0.2) is 24.3 Å². The fourth-order valence-corrected chi connectivity index (χ4v) is 1.56. The second-order valence-electron chi connectivity index (χ2n) is 3.48. The Bertz CT molecular complexity index is 388. The Hall–Kier alpha value is -1.77. The first-order chi connectivity index (χ1) is 7.06. The van der Waals surface area contributed by atoms with Crippen molar-refractivity contribution in [1.29, 1.82) is 0 Å². The number of hydrogen-bond acceptors (Lipinski definition) is 2. The van der Waals surface area contributed by atoms with Crippen molar-refractivity contribution in [3.8, 4) is 0 Å². The van der Waals surface area contributed by atoms with Gasteiger partial charge in [-0.15, -0.1) is 0 Å². The third-order valence-corrected chi connectivity index (χ3v) is 2.30. The van der Waals surface area contributed by atoms with E-state index in [0.717, 1.165) is 16.7 Å². The Morgan fingerprint density at radius 1 is 1.33 bits per heavy atom. The fourth-order valence-electron chi connectivity index (χ4n) is 1.56. The van der Waals surface area contributed by atoms with Crippen LogP contribution in [0, 0.1) is 13.8 Å². The topological polar surface area (TPSA) is 55.1 Å². The number of nitrogens with two attached hydrogens (primary N) is 1. The predicted octanol–water partition coefficient (Wildman–Crippen LogP) is 1.35. The van der Waals surface area contributed by atoms with Crippen LogP contribution in [0.3, 0.4) is 0 Å². The van der Waals surface area contributed by atoms with E-state index in [1.165, 1.54) is 6.08 Å². The molecule has 3 N–H and O–H groups in total. The van der Waals surface area contributed by atoms with Gasteiger partial charge < -0.3 is 11.1 Å². The number of rotatable bonds is 2. The predicted molar refractivity (Wildman–Crippen MR) is 62.1 cm³/mol. The molecule has 1 rings (SSSR count). The van der Waals surface area contributed by atoms with Crippen LogP contribution in [0.1, 0.15) is 16.7 Å². The van der Waals surface area contributed by atoms with Gasteiger partial charge in [-0.3, -0.25) is 4.79 Å². The molecule has 0 saturated heterocycles. The summed E-state index contributed by atoms with van der Waals surface area (Å²) in [6, 6.07) is 5.93. The molecule has 0 aliphatic carbocycles. The molecule has 80 valence electrons. The van der Waals surface area contributed by atoms with Gasteiger partial charge in [-0.1, -0.05) is 18.2 Å². The van der Waals surface area contributed by atoms with Crippen LogP contribution >= 0.6 is 0 Å². The highest BCUT2D eigenvalue weighted by atomic mass is 16.1. The molecule has 1 aromatic carbocycles.